The average molecular weight is 577 g/mol. The van der Waals surface area contributed by atoms with Crippen LogP contribution in [0.2, 0.25) is 0 Å². The van der Waals surface area contributed by atoms with Crippen molar-refractivity contribution in [1.82, 2.24) is 15.1 Å². The first kappa shape index (κ1) is 28.0. The van der Waals surface area contributed by atoms with E-state index in [9.17, 15) is 18.0 Å². The highest BCUT2D eigenvalue weighted by molar-refractivity contribution is 5.94. The molecule has 2 heterocycles. The molecule has 0 radical (unpaired) electrons. The number of carbonyl (C=O) groups excluding carboxylic acids is 1. The van der Waals surface area contributed by atoms with Crippen LogP contribution in [0.4, 0.5) is 36.1 Å². The zero-order valence-corrected chi connectivity index (χ0v) is 22.0. The molecule has 42 heavy (non-hydrogen) atoms. The molecule has 0 atom stereocenters. The van der Waals surface area contributed by atoms with Gasteiger partial charge in [-0.25, -0.2) is 4.98 Å². The molecular formula is C29H23F3N6O4. The van der Waals surface area contributed by atoms with Crippen molar-refractivity contribution in [2.24, 2.45) is 0 Å². The number of nitrogens with zero attached hydrogens (tertiary/aromatic N) is 3. The van der Waals surface area contributed by atoms with Crippen LogP contribution in [0, 0.1) is 0 Å². The van der Waals surface area contributed by atoms with E-state index >= 15 is 0 Å². The lowest BCUT2D eigenvalue weighted by Gasteiger charge is -2.10. The predicted octanol–water partition coefficient (Wildman–Crippen LogP) is 6.50. The molecule has 0 aliphatic heterocycles. The Bertz CT molecular complexity index is 1640. The summed E-state index contributed by atoms with van der Waals surface area (Å²) in [5, 5.41) is 12.9. The van der Waals surface area contributed by atoms with Crippen molar-refractivity contribution >= 4 is 28.8 Å². The molecule has 3 aromatic carbocycles. The number of alkyl halides is 3. The third-order valence-electron chi connectivity index (χ3n) is 5.76. The normalized spacial score (nSPS) is 11.0. The van der Waals surface area contributed by atoms with Gasteiger partial charge in [0.2, 0.25) is 11.7 Å². The quantitative estimate of drug-likeness (QED) is 0.171. The minimum absolute atomic E-state index is 0.0850. The molecule has 2 aromatic heterocycles. The van der Waals surface area contributed by atoms with Gasteiger partial charge in [0.1, 0.15) is 17.3 Å². The summed E-state index contributed by atoms with van der Waals surface area (Å²) in [5.41, 5.74) is 3.15. The summed E-state index contributed by atoms with van der Waals surface area (Å²) in [6.45, 7) is 0.0850. The first-order valence-electron chi connectivity index (χ1n) is 12.5. The second kappa shape index (κ2) is 12.3. The molecule has 214 valence electrons. The minimum Gasteiger partial charge on any atom is -0.497 e. The molecule has 10 nitrogen and oxygen atoms in total. The summed E-state index contributed by atoms with van der Waals surface area (Å²) in [7, 11) is 1.59. The lowest BCUT2D eigenvalue weighted by molar-refractivity contribution is -0.274. The standard InChI is InChI=1S/C29H23F3N6O4/c1-40-23-10-6-20(7-11-23)34-17-26(39)36-22-4-2-18(3-5-22)28-37-27(38-42-28)19-14-15-33-25(16-19)35-21-8-12-24(13-9-21)41-29(30,31)32/h2-16,34H,17H2,1H3,(H,33,35)(H,36,39). The van der Waals surface area contributed by atoms with Gasteiger partial charge in [0.15, 0.2) is 0 Å². The van der Waals surface area contributed by atoms with E-state index in [-0.39, 0.29) is 24.1 Å². The first-order chi connectivity index (χ1) is 20.2. The molecule has 0 aliphatic rings. The van der Waals surface area contributed by atoms with E-state index in [1.807, 2.05) is 12.1 Å². The van der Waals surface area contributed by atoms with Crippen LogP contribution < -0.4 is 25.4 Å². The number of carbonyl (C=O) groups is 1. The maximum Gasteiger partial charge on any atom is 0.573 e. The second-order valence-corrected chi connectivity index (χ2v) is 8.76. The van der Waals surface area contributed by atoms with Gasteiger partial charge >= 0.3 is 6.36 Å². The number of pyridine rings is 1. The van der Waals surface area contributed by atoms with Gasteiger partial charge in [0, 0.05) is 34.4 Å². The zero-order valence-electron chi connectivity index (χ0n) is 22.0. The second-order valence-electron chi connectivity index (χ2n) is 8.76. The fraction of sp³-hybridized carbons (Fsp3) is 0.103. The summed E-state index contributed by atoms with van der Waals surface area (Å²) in [6, 6.07) is 22.8. The summed E-state index contributed by atoms with van der Waals surface area (Å²) in [4.78, 5) is 21.0. The summed E-state index contributed by atoms with van der Waals surface area (Å²) in [6.07, 6.45) is -3.22. The first-order valence-corrected chi connectivity index (χ1v) is 12.5. The Morgan fingerprint density at radius 2 is 1.52 bits per heavy atom. The van der Waals surface area contributed by atoms with Crippen molar-refractivity contribution in [3.8, 4) is 34.3 Å². The molecular weight excluding hydrogens is 553 g/mol. The summed E-state index contributed by atoms with van der Waals surface area (Å²) >= 11 is 0. The number of hydrogen-bond acceptors (Lipinski definition) is 9. The number of amides is 1. The Labute approximate surface area is 237 Å². The van der Waals surface area contributed by atoms with E-state index in [1.165, 1.54) is 30.5 Å². The number of hydrogen-bond donors (Lipinski definition) is 3. The molecule has 0 bridgehead atoms. The Balaban J connectivity index is 1.17. The van der Waals surface area contributed by atoms with Crippen LogP contribution in [-0.4, -0.2) is 41.0 Å². The third kappa shape index (κ3) is 7.53. The molecule has 0 aliphatic carbocycles. The van der Waals surface area contributed by atoms with Crippen molar-refractivity contribution in [2.45, 2.75) is 6.36 Å². The SMILES string of the molecule is COc1ccc(NCC(=O)Nc2ccc(-c3nc(-c4ccnc(Nc5ccc(OC(F)(F)F)cc5)c4)no3)cc2)cc1. The Morgan fingerprint density at radius 3 is 2.21 bits per heavy atom. The lowest BCUT2D eigenvalue weighted by atomic mass is 10.2. The number of ether oxygens (including phenoxy) is 2. The fourth-order valence-corrected chi connectivity index (χ4v) is 3.78. The zero-order chi connectivity index (χ0) is 29.5. The highest BCUT2D eigenvalue weighted by Gasteiger charge is 2.31. The van der Waals surface area contributed by atoms with Gasteiger partial charge in [0.05, 0.1) is 13.7 Å². The van der Waals surface area contributed by atoms with Crippen molar-refractivity contribution in [2.75, 3.05) is 29.6 Å². The molecule has 5 rings (SSSR count). The molecule has 0 saturated carbocycles. The minimum atomic E-state index is -4.76. The van der Waals surface area contributed by atoms with Gasteiger partial charge in [-0.1, -0.05) is 5.16 Å². The van der Waals surface area contributed by atoms with Crippen LogP contribution in [-0.2, 0) is 4.79 Å². The van der Waals surface area contributed by atoms with Crippen LogP contribution in [0.25, 0.3) is 22.8 Å². The Hall–Kier alpha value is -5.59. The fourth-order valence-electron chi connectivity index (χ4n) is 3.78. The van der Waals surface area contributed by atoms with Crippen molar-refractivity contribution in [1.29, 1.82) is 0 Å². The van der Waals surface area contributed by atoms with Gasteiger partial charge < -0.3 is 29.9 Å². The Morgan fingerprint density at radius 1 is 0.857 bits per heavy atom. The van der Waals surface area contributed by atoms with E-state index in [2.05, 4.69) is 35.8 Å². The van der Waals surface area contributed by atoms with Gasteiger partial charge in [-0.05, 0) is 84.9 Å². The molecule has 0 fully saturated rings. The van der Waals surface area contributed by atoms with Gasteiger partial charge in [0.25, 0.3) is 5.89 Å². The Kier molecular flexibility index (Phi) is 8.18. The van der Waals surface area contributed by atoms with Crippen LogP contribution >= 0.6 is 0 Å². The molecule has 5 aromatic rings. The van der Waals surface area contributed by atoms with E-state index in [1.54, 1.807) is 55.6 Å². The number of nitrogens with one attached hydrogen (secondary N) is 3. The topological polar surface area (TPSA) is 123 Å². The summed E-state index contributed by atoms with van der Waals surface area (Å²) in [5.74, 6) is 1.19. The maximum absolute atomic E-state index is 12.4. The molecule has 0 saturated heterocycles. The smallest absolute Gasteiger partial charge is 0.497 e. The van der Waals surface area contributed by atoms with Crippen LogP contribution in [0.1, 0.15) is 0 Å². The van der Waals surface area contributed by atoms with E-state index in [0.29, 0.717) is 34.1 Å². The number of anilines is 4. The highest BCUT2D eigenvalue weighted by Crippen LogP contribution is 2.27. The number of rotatable bonds is 10. The molecule has 0 unspecified atom stereocenters. The van der Waals surface area contributed by atoms with E-state index in [0.717, 1.165) is 11.4 Å². The van der Waals surface area contributed by atoms with Gasteiger partial charge in [-0.15, -0.1) is 13.2 Å². The predicted molar refractivity (Wildman–Crippen MR) is 149 cm³/mol. The van der Waals surface area contributed by atoms with Crippen LogP contribution in [0.5, 0.6) is 11.5 Å². The number of aromatic nitrogens is 3. The van der Waals surface area contributed by atoms with Gasteiger partial charge in [-0.3, -0.25) is 4.79 Å². The maximum atomic E-state index is 12.4. The van der Waals surface area contributed by atoms with E-state index in [4.69, 9.17) is 9.26 Å². The number of benzene rings is 3. The van der Waals surface area contributed by atoms with Crippen LogP contribution in [0.15, 0.2) is 95.6 Å². The van der Waals surface area contributed by atoms with Crippen molar-refractivity contribution < 1.29 is 32.0 Å². The number of methoxy groups -OCH3 is 1. The molecule has 3 N–H and O–H groups in total. The molecule has 1 amide bonds. The third-order valence-corrected chi connectivity index (χ3v) is 5.76. The molecule has 0 spiro atoms. The largest absolute Gasteiger partial charge is 0.573 e. The monoisotopic (exact) mass is 576 g/mol. The molecule has 13 heteroatoms. The highest BCUT2D eigenvalue weighted by atomic mass is 19.4. The lowest BCUT2D eigenvalue weighted by Crippen LogP contribution is -2.21. The van der Waals surface area contributed by atoms with Gasteiger partial charge in [-0.2, -0.15) is 4.98 Å². The van der Waals surface area contributed by atoms with Crippen LogP contribution in [0.3, 0.4) is 0 Å². The average Bonchev–Trinajstić information content (AvgIpc) is 3.48. The van der Waals surface area contributed by atoms with Crippen molar-refractivity contribution in [3.63, 3.8) is 0 Å². The van der Waals surface area contributed by atoms with E-state index < -0.39 is 6.36 Å². The number of halogens is 3. The van der Waals surface area contributed by atoms with Crippen molar-refractivity contribution in [3.05, 3.63) is 91.1 Å². The summed E-state index contributed by atoms with van der Waals surface area (Å²) < 4.78 is 51.6.